The first-order chi connectivity index (χ1) is 13.0. The Hall–Kier alpha value is -1.59. The average Bonchev–Trinajstić information content (AvgIpc) is 3.48. The number of aromatic hydroxyl groups is 1. The molecule has 0 spiro atoms. The largest absolute Gasteiger partial charge is 0.504 e. The maximum Gasteiger partial charge on any atom is 0.164 e. The minimum absolute atomic E-state index is 0.160. The molecule has 2 saturated carbocycles. The molecule has 146 valence electrons. The van der Waals surface area contributed by atoms with E-state index in [-0.39, 0.29) is 17.4 Å². The molecule has 5 nitrogen and oxygen atoms in total. The van der Waals surface area contributed by atoms with E-state index in [4.69, 9.17) is 9.47 Å². The van der Waals surface area contributed by atoms with Crippen LogP contribution in [0, 0.1) is 5.92 Å². The topological polar surface area (TPSA) is 59.0 Å². The highest BCUT2D eigenvalue weighted by atomic mass is 16.5. The predicted molar refractivity (Wildman–Crippen MR) is 101 cm³/mol. The van der Waals surface area contributed by atoms with Crippen LogP contribution in [0.1, 0.15) is 49.7 Å². The summed E-state index contributed by atoms with van der Waals surface area (Å²) in [7, 11) is 3.43. The third-order valence-corrected chi connectivity index (χ3v) is 7.76. The van der Waals surface area contributed by atoms with E-state index in [1.165, 1.54) is 18.4 Å². The Kier molecular flexibility index (Phi) is 3.86. The number of rotatable bonds is 4. The minimum Gasteiger partial charge on any atom is -0.504 e. The highest BCUT2D eigenvalue weighted by Gasteiger charge is 2.67. The lowest BCUT2D eigenvalue weighted by Crippen LogP contribution is -2.74. The zero-order valence-corrected chi connectivity index (χ0v) is 16.3. The van der Waals surface area contributed by atoms with Crippen LogP contribution in [-0.2, 0) is 21.4 Å². The number of nitrogens with zero attached hydrogens (tertiary/aromatic N) is 1. The summed E-state index contributed by atoms with van der Waals surface area (Å²) >= 11 is 0. The molecule has 1 unspecified atom stereocenters. The van der Waals surface area contributed by atoms with Crippen molar-refractivity contribution in [3.05, 3.63) is 23.3 Å². The number of likely N-dealkylation sites (tertiary alicyclic amines) is 1. The van der Waals surface area contributed by atoms with Gasteiger partial charge in [0.2, 0.25) is 0 Å². The molecule has 2 bridgehead atoms. The van der Waals surface area contributed by atoms with Crippen LogP contribution in [0.15, 0.2) is 12.1 Å². The molecular weight excluding hydrogens is 342 g/mol. The Balaban J connectivity index is 1.72. The van der Waals surface area contributed by atoms with Crippen LogP contribution in [0.4, 0.5) is 0 Å². The Bertz CT molecular complexity index is 789. The zero-order chi connectivity index (χ0) is 18.8. The summed E-state index contributed by atoms with van der Waals surface area (Å²) in [5, 5.41) is 10.5. The van der Waals surface area contributed by atoms with Gasteiger partial charge in [-0.1, -0.05) is 6.07 Å². The Morgan fingerprint density at radius 1 is 1.26 bits per heavy atom. The van der Waals surface area contributed by atoms with Gasteiger partial charge in [0.1, 0.15) is 5.78 Å². The van der Waals surface area contributed by atoms with Crippen LogP contribution in [0.5, 0.6) is 11.5 Å². The van der Waals surface area contributed by atoms with Gasteiger partial charge in [0, 0.05) is 43.5 Å². The smallest absolute Gasteiger partial charge is 0.164 e. The second kappa shape index (κ2) is 5.95. The fraction of sp³-hybridized carbons (Fsp3) is 0.682. The SMILES string of the molecule is COc1c(O)ccc2c1[C@@]13CCN(CC4CC4)C(C2)[C@]1(OC)CCC(=O)C3. The van der Waals surface area contributed by atoms with Gasteiger partial charge in [-0.15, -0.1) is 0 Å². The number of phenolic OH excluding ortho intramolecular Hbond substituents is 1. The second-order valence-electron chi connectivity index (χ2n) is 8.95. The number of carbonyl (C=O) groups excluding carboxylic acids is 1. The molecule has 1 heterocycles. The summed E-state index contributed by atoms with van der Waals surface area (Å²) in [6, 6.07) is 4.05. The standard InChI is InChI=1S/C22H29NO4/c1-26-20-17(25)6-5-15-11-18-22(27-2)8-7-16(24)12-21(22,19(15)20)9-10-23(18)13-14-3-4-14/h5-6,14,18,25H,3-4,7-13H2,1-2H3/t18?,21-,22+/m0/s1. The summed E-state index contributed by atoms with van der Waals surface area (Å²) in [6.07, 6.45) is 6.27. The van der Waals surface area contributed by atoms with Crippen molar-refractivity contribution in [2.24, 2.45) is 5.92 Å². The van der Waals surface area contributed by atoms with Crippen molar-refractivity contribution in [3.63, 3.8) is 0 Å². The monoisotopic (exact) mass is 371 g/mol. The number of phenols is 1. The first kappa shape index (κ1) is 17.5. The molecule has 5 heteroatoms. The lowest BCUT2D eigenvalue weighted by atomic mass is 9.49. The number of carbonyl (C=O) groups is 1. The van der Waals surface area contributed by atoms with Crippen LogP contribution in [0.2, 0.25) is 0 Å². The molecule has 0 aromatic heterocycles. The van der Waals surface area contributed by atoms with E-state index in [2.05, 4.69) is 4.90 Å². The van der Waals surface area contributed by atoms with Gasteiger partial charge in [0.15, 0.2) is 11.5 Å². The number of piperidine rings is 1. The van der Waals surface area contributed by atoms with E-state index in [9.17, 15) is 9.90 Å². The maximum absolute atomic E-state index is 12.7. The van der Waals surface area contributed by atoms with Crippen molar-refractivity contribution in [1.29, 1.82) is 0 Å². The van der Waals surface area contributed by atoms with Crippen molar-refractivity contribution >= 4 is 5.78 Å². The van der Waals surface area contributed by atoms with Gasteiger partial charge in [-0.3, -0.25) is 9.69 Å². The first-order valence-electron chi connectivity index (χ1n) is 10.2. The fourth-order valence-electron chi connectivity index (χ4n) is 6.43. The molecule has 4 aliphatic rings. The molecule has 5 rings (SSSR count). The van der Waals surface area contributed by atoms with E-state index in [1.807, 2.05) is 13.2 Å². The zero-order valence-electron chi connectivity index (χ0n) is 16.3. The number of Topliss-reactive ketones (excluding diaryl/α,β-unsaturated/α-hetero) is 1. The van der Waals surface area contributed by atoms with Gasteiger partial charge in [-0.2, -0.15) is 0 Å². The fourth-order valence-corrected chi connectivity index (χ4v) is 6.43. The van der Waals surface area contributed by atoms with Gasteiger partial charge in [-0.05, 0) is 56.2 Å². The maximum atomic E-state index is 12.7. The van der Waals surface area contributed by atoms with E-state index in [0.29, 0.717) is 24.4 Å². The summed E-state index contributed by atoms with van der Waals surface area (Å²) < 4.78 is 12.1. The number of fused-ring (bicyclic) bond motifs is 1. The summed E-state index contributed by atoms with van der Waals surface area (Å²) in [4.78, 5) is 15.3. The molecule has 27 heavy (non-hydrogen) atoms. The molecule has 3 aliphatic carbocycles. The summed E-state index contributed by atoms with van der Waals surface area (Å²) in [5.74, 6) is 1.83. The van der Waals surface area contributed by atoms with E-state index in [1.54, 1.807) is 13.2 Å². The third kappa shape index (κ3) is 2.27. The normalized spacial score (nSPS) is 35.5. The lowest BCUT2D eigenvalue weighted by molar-refractivity contribution is -0.188. The van der Waals surface area contributed by atoms with Crippen LogP contribution in [0.3, 0.4) is 0 Å². The van der Waals surface area contributed by atoms with Crippen LogP contribution >= 0.6 is 0 Å². The highest BCUT2D eigenvalue weighted by Crippen LogP contribution is 2.62. The number of methoxy groups -OCH3 is 2. The molecule has 1 N–H and O–H groups in total. The molecule has 1 aromatic rings. The van der Waals surface area contributed by atoms with Gasteiger partial charge in [-0.25, -0.2) is 0 Å². The summed E-state index contributed by atoms with van der Waals surface area (Å²) in [5.41, 5.74) is 1.45. The van der Waals surface area contributed by atoms with Crippen LogP contribution in [0.25, 0.3) is 0 Å². The Morgan fingerprint density at radius 3 is 2.78 bits per heavy atom. The quantitative estimate of drug-likeness (QED) is 0.882. The summed E-state index contributed by atoms with van der Waals surface area (Å²) in [6.45, 7) is 2.13. The van der Waals surface area contributed by atoms with Crippen LogP contribution in [-0.4, -0.2) is 54.7 Å². The molecule has 0 amide bonds. The molecule has 1 saturated heterocycles. The molecular formula is C22H29NO4. The number of benzene rings is 1. The predicted octanol–water partition coefficient (Wildman–Crippen LogP) is 2.82. The Labute approximate surface area is 160 Å². The van der Waals surface area contributed by atoms with Crippen molar-refractivity contribution < 1.29 is 19.4 Å². The molecule has 0 radical (unpaired) electrons. The van der Waals surface area contributed by atoms with E-state index in [0.717, 1.165) is 43.8 Å². The average molecular weight is 371 g/mol. The Morgan fingerprint density at radius 2 is 2.07 bits per heavy atom. The third-order valence-electron chi connectivity index (χ3n) is 7.76. The van der Waals surface area contributed by atoms with Crippen LogP contribution < -0.4 is 4.74 Å². The molecule has 3 fully saturated rings. The second-order valence-corrected chi connectivity index (χ2v) is 8.95. The van der Waals surface area contributed by atoms with Crippen molar-refractivity contribution in [2.45, 2.75) is 62.0 Å². The minimum atomic E-state index is -0.403. The molecule has 3 atom stereocenters. The number of ketones is 1. The number of hydrogen-bond donors (Lipinski definition) is 1. The highest BCUT2D eigenvalue weighted by molar-refractivity contribution is 5.83. The van der Waals surface area contributed by atoms with Gasteiger partial charge in [0.05, 0.1) is 12.7 Å². The van der Waals surface area contributed by atoms with E-state index < -0.39 is 5.41 Å². The van der Waals surface area contributed by atoms with Gasteiger partial charge in [0.25, 0.3) is 0 Å². The van der Waals surface area contributed by atoms with Crippen molar-refractivity contribution in [2.75, 3.05) is 27.3 Å². The lowest BCUT2D eigenvalue weighted by Gasteiger charge is -2.65. The molecule has 1 aliphatic heterocycles. The van der Waals surface area contributed by atoms with Gasteiger partial charge >= 0.3 is 0 Å². The molecule has 1 aromatic carbocycles. The van der Waals surface area contributed by atoms with Crippen molar-refractivity contribution in [3.8, 4) is 11.5 Å². The van der Waals surface area contributed by atoms with Crippen molar-refractivity contribution in [1.82, 2.24) is 4.90 Å². The van der Waals surface area contributed by atoms with E-state index >= 15 is 0 Å². The number of hydrogen-bond acceptors (Lipinski definition) is 5. The van der Waals surface area contributed by atoms with Gasteiger partial charge < -0.3 is 14.6 Å². The first-order valence-corrected chi connectivity index (χ1v) is 10.2. The number of ether oxygens (including phenoxy) is 2.